The average molecular weight is 238 g/mol. The molecule has 0 spiro atoms. The lowest BCUT2D eigenvalue weighted by Crippen LogP contribution is -2.32. The van der Waals surface area contributed by atoms with Gasteiger partial charge in [0.05, 0.1) is 0 Å². The first-order chi connectivity index (χ1) is 7.92. The molecule has 0 radical (unpaired) electrons. The lowest BCUT2D eigenvalue weighted by atomic mass is 10.1. The Balaban J connectivity index is 4.73. The number of hydrogen-bond donors (Lipinski definition) is 2. The summed E-state index contributed by atoms with van der Waals surface area (Å²) in [5, 5.41) is 10.7. The fourth-order valence-electron chi connectivity index (χ4n) is 1.21. The predicted molar refractivity (Wildman–Crippen MR) is 66.6 cm³/mol. The monoisotopic (exact) mass is 238 g/mol. The van der Waals surface area contributed by atoms with E-state index in [2.05, 4.69) is 18.5 Å². The van der Waals surface area contributed by atoms with Gasteiger partial charge < -0.3 is 15.3 Å². The van der Waals surface area contributed by atoms with E-state index in [0.29, 0.717) is 6.54 Å². The molecule has 94 valence electrons. The van der Waals surface area contributed by atoms with Crippen molar-refractivity contribution in [1.82, 2.24) is 10.2 Å². The second-order valence-corrected chi connectivity index (χ2v) is 3.68. The summed E-state index contributed by atoms with van der Waals surface area (Å²) in [5.74, 6) is -2.53. The van der Waals surface area contributed by atoms with E-state index < -0.39 is 11.9 Å². The highest BCUT2D eigenvalue weighted by atomic mass is 16.4. The van der Waals surface area contributed by atoms with Gasteiger partial charge in [-0.2, -0.15) is 0 Å². The van der Waals surface area contributed by atoms with Crippen molar-refractivity contribution in [1.29, 1.82) is 0 Å². The van der Waals surface area contributed by atoms with E-state index in [4.69, 9.17) is 5.11 Å². The normalized spacial score (nSPS) is 11.7. The number of rotatable bonds is 6. The summed E-state index contributed by atoms with van der Waals surface area (Å²) >= 11 is 0. The number of nitrogens with zero attached hydrogens (tertiary/aromatic N) is 1. The third-order valence-corrected chi connectivity index (χ3v) is 2.03. The average Bonchev–Trinajstić information content (AvgIpc) is 2.26. The molecular formula is C12H18N2O3. The molecule has 5 nitrogen and oxygen atoms in total. The van der Waals surface area contributed by atoms with Crippen LogP contribution in [0.15, 0.2) is 36.5 Å². The Labute approximate surface area is 101 Å². The molecule has 1 amide bonds. The van der Waals surface area contributed by atoms with Gasteiger partial charge in [-0.05, 0) is 25.2 Å². The standard InChI is InChI=1S/C12H18N2O3/c1-5-9(7-13-11(15)12(16)17)10(6-2)8-14(3)4/h5-6H,1-2,7-8H2,3-4H3,(H,13,15)(H,16,17)/b10-9-. The number of amides is 1. The van der Waals surface area contributed by atoms with Crippen LogP contribution in [0.25, 0.3) is 0 Å². The van der Waals surface area contributed by atoms with Gasteiger partial charge in [-0.1, -0.05) is 25.3 Å². The molecule has 0 atom stereocenters. The zero-order valence-electron chi connectivity index (χ0n) is 10.2. The van der Waals surface area contributed by atoms with E-state index in [1.807, 2.05) is 19.0 Å². The van der Waals surface area contributed by atoms with Gasteiger partial charge in [0.25, 0.3) is 0 Å². The van der Waals surface area contributed by atoms with Crippen LogP contribution in [-0.2, 0) is 9.59 Å². The molecule has 17 heavy (non-hydrogen) atoms. The number of carbonyl (C=O) groups excluding carboxylic acids is 1. The first kappa shape index (κ1) is 15.1. The van der Waals surface area contributed by atoms with Crippen LogP contribution >= 0.6 is 0 Å². The Bertz CT molecular complexity index is 357. The van der Waals surface area contributed by atoms with E-state index in [-0.39, 0.29) is 6.54 Å². The molecule has 0 aromatic rings. The van der Waals surface area contributed by atoms with Crippen molar-refractivity contribution in [2.45, 2.75) is 0 Å². The Kier molecular flexibility index (Phi) is 6.58. The Morgan fingerprint density at radius 1 is 1.24 bits per heavy atom. The summed E-state index contributed by atoms with van der Waals surface area (Å²) in [6, 6.07) is 0. The van der Waals surface area contributed by atoms with Crippen LogP contribution < -0.4 is 5.32 Å². The highest BCUT2D eigenvalue weighted by molar-refractivity contribution is 6.31. The minimum Gasteiger partial charge on any atom is -0.474 e. The maximum absolute atomic E-state index is 10.9. The van der Waals surface area contributed by atoms with E-state index in [1.165, 1.54) is 0 Å². The van der Waals surface area contributed by atoms with Crippen LogP contribution in [0.5, 0.6) is 0 Å². The van der Waals surface area contributed by atoms with Crippen LogP contribution in [-0.4, -0.2) is 49.1 Å². The van der Waals surface area contributed by atoms with Gasteiger partial charge in [0.2, 0.25) is 0 Å². The summed E-state index contributed by atoms with van der Waals surface area (Å²) in [6.45, 7) is 8.10. The number of carboxylic acids is 1. The second kappa shape index (κ2) is 7.40. The molecule has 0 aliphatic rings. The Morgan fingerprint density at radius 2 is 1.76 bits per heavy atom. The van der Waals surface area contributed by atoms with Crippen LogP contribution in [0.1, 0.15) is 0 Å². The van der Waals surface area contributed by atoms with Gasteiger partial charge in [-0.25, -0.2) is 4.79 Å². The summed E-state index contributed by atoms with van der Waals surface area (Å²) < 4.78 is 0. The Hall–Kier alpha value is -1.88. The smallest absolute Gasteiger partial charge is 0.394 e. The third-order valence-electron chi connectivity index (χ3n) is 2.03. The van der Waals surface area contributed by atoms with Gasteiger partial charge in [0, 0.05) is 13.1 Å². The van der Waals surface area contributed by atoms with E-state index >= 15 is 0 Å². The number of likely N-dealkylation sites (N-methyl/N-ethyl adjacent to an activating group) is 1. The van der Waals surface area contributed by atoms with Crippen molar-refractivity contribution in [2.75, 3.05) is 27.2 Å². The van der Waals surface area contributed by atoms with Gasteiger partial charge >= 0.3 is 11.9 Å². The fourth-order valence-corrected chi connectivity index (χ4v) is 1.21. The maximum atomic E-state index is 10.9. The lowest BCUT2D eigenvalue weighted by Gasteiger charge is -2.14. The summed E-state index contributed by atoms with van der Waals surface area (Å²) in [7, 11) is 3.81. The molecule has 0 fully saturated rings. The van der Waals surface area contributed by atoms with Gasteiger partial charge in [-0.15, -0.1) is 0 Å². The molecule has 0 unspecified atom stereocenters. The van der Waals surface area contributed by atoms with E-state index in [0.717, 1.165) is 11.1 Å². The highest BCUT2D eigenvalue weighted by Crippen LogP contribution is 2.07. The number of hydrogen-bond acceptors (Lipinski definition) is 3. The molecule has 0 saturated carbocycles. The third kappa shape index (κ3) is 5.67. The number of carbonyl (C=O) groups is 2. The number of nitrogens with one attached hydrogen (secondary N) is 1. The zero-order chi connectivity index (χ0) is 13.4. The summed E-state index contributed by atoms with van der Waals surface area (Å²) in [4.78, 5) is 23.2. The van der Waals surface area contributed by atoms with Crippen molar-refractivity contribution < 1.29 is 14.7 Å². The second-order valence-electron chi connectivity index (χ2n) is 3.68. The molecule has 0 bridgehead atoms. The number of carboxylic acid groups (broad SMARTS) is 1. The molecule has 0 aromatic heterocycles. The van der Waals surface area contributed by atoms with Crippen molar-refractivity contribution in [3.8, 4) is 0 Å². The van der Waals surface area contributed by atoms with Crippen molar-refractivity contribution in [3.63, 3.8) is 0 Å². The molecule has 2 N–H and O–H groups in total. The Morgan fingerprint density at radius 3 is 2.12 bits per heavy atom. The van der Waals surface area contributed by atoms with Crippen molar-refractivity contribution in [3.05, 3.63) is 36.5 Å². The highest BCUT2D eigenvalue weighted by Gasteiger charge is 2.11. The molecule has 0 aliphatic carbocycles. The molecular weight excluding hydrogens is 220 g/mol. The van der Waals surface area contributed by atoms with Crippen molar-refractivity contribution >= 4 is 11.9 Å². The lowest BCUT2D eigenvalue weighted by molar-refractivity contribution is -0.150. The van der Waals surface area contributed by atoms with Crippen LogP contribution in [0.3, 0.4) is 0 Å². The molecule has 0 heterocycles. The van der Waals surface area contributed by atoms with Crippen LogP contribution in [0.2, 0.25) is 0 Å². The zero-order valence-corrected chi connectivity index (χ0v) is 10.2. The molecule has 0 saturated heterocycles. The topological polar surface area (TPSA) is 69.6 Å². The van der Waals surface area contributed by atoms with Crippen molar-refractivity contribution in [2.24, 2.45) is 0 Å². The van der Waals surface area contributed by atoms with Crippen LogP contribution in [0, 0.1) is 0 Å². The SMILES string of the molecule is C=C/C(CNC(=O)C(=O)O)=C(\C=C)CN(C)C. The van der Waals surface area contributed by atoms with E-state index in [9.17, 15) is 9.59 Å². The van der Waals surface area contributed by atoms with Crippen LogP contribution in [0.4, 0.5) is 0 Å². The number of aliphatic carboxylic acids is 1. The van der Waals surface area contributed by atoms with E-state index in [1.54, 1.807) is 12.2 Å². The predicted octanol–water partition coefficient (Wildman–Crippen LogP) is 0.417. The first-order valence-corrected chi connectivity index (χ1v) is 5.05. The largest absolute Gasteiger partial charge is 0.474 e. The molecule has 0 aromatic carbocycles. The minimum absolute atomic E-state index is 0.129. The summed E-state index contributed by atoms with van der Waals surface area (Å²) in [6.07, 6.45) is 3.26. The molecule has 0 aliphatic heterocycles. The molecule has 0 rings (SSSR count). The van der Waals surface area contributed by atoms with Gasteiger partial charge in [0.15, 0.2) is 0 Å². The fraction of sp³-hybridized carbons (Fsp3) is 0.333. The van der Waals surface area contributed by atoms with Gasteiger partial charge in [0.1, 0.15) is 0 Å². The molecule has 5 heteroatoms. The first-order valence-electron chi connectivity index (χ1n) is 5.05. The van der Waals surface area contributed by atoms with Gasteiger partial charge in [-0.3, -0.25) is 4.79 Å². The summed E-state index contributed by atoms with van der Waals surface area (Å²) in [5.41, 5.74) is 1.65. The quantitative estimate of drug-likeness (QED) is 0.519. The minimum atomic E-state index is -1.50. The maximum Gasteiger partial charge on any atom is 0.394 e.